The average molecular weight is 330 g/mol. The summed E-state index contributed by atoms with van der Waals surface area (Å²) in [6.45, 7) is 3.65. The number of piperidine rings is 1. The maximum Gasteiger partial charge on any atom is 0.228 e. The molecule has 4 nitrogen and oxygen atoms in total. The number of hydrogen-bond donors (Lipinski definition) is 1. The van der Waals surface area contributed by atoms with E-state index in [1.54, 1.807) is 0 Å². The zero-order valence-electron chi connectivity index (χ0n) is 14.7. The lowest BCUT2D eigenvalue weighted by Crippen LogP contribution is -2.44. The quantitative estimate of drug-likeness (QED) is 0.902. The molecule has 1 aromatic rings. The highest BCUT2D eigenvalue weighted by atomic mass is 16.5. The van der Waals surface area contributed by atoms with Crippen molar-refractivity contribution in [2.45, 2.75) is 38.2 Å². The van der Waals surface area contributed by atoms with Crippen LogP contribution in [0.1, 0.15) is 43.8 Å². The minimum atomic E-state index is -0.0746. The Hall–Kier alpha value is -1.39. The Morgan fingerprint density at radius 1 is 1.21 bits per heavy atom. The molecule has 1 N–H and O–H groups in total. The second-order valence-electron chi connectivity index (χ2n) is 7.11. The summed E-state index contributed by atoms with van der Waals surface area (Å²) in [6.07, 6.45) is 5.34. The lowest BCUT2D eigenvalue weighted by Gasteiger charge is -2.38. The predicted octanol–water partition coefficient (Wildman–Crippen LogP) is 3.00. The van der Waals surface area contributed by atoms with Crippen molar-refractivity contribution >= 4 is 5.91 Å². The fourth-order valence-corrected chi connectivity index (χ4v) is 4.03. The molecule has 2 unspecified atom stereocenters. The number of nitrogens with one attached hydrogen (secondary N) is 1. The largest absolute Gasteiger partial charge is 0.373 e. The van der Waals surface area contributed by atoms with Gasteiger partial charge in [-0.3, -0.25) is 4.79 Å². The van der Waals surface area contributed by atoms with Crippen molar-refractivity contribution in [1.29, 1.82) is 0 Å². The monoisotopic (exact) mass is 330 g/mol. The average Bonchev–Trinajstić information content (AvgIpc) is 2.67. The summed E-state index contributed by atoms with van der Waals surface area (Å²) < 4.78 is 6.01. The van der Waals surface area contributed by atoms with Crippen LogP contribution in [0.4, 0.5) is 0 Å². The van der Waals surface area contributed by atoms with Crippen LogP contribution in [0.2, 0.25) is 0 Å². The molecule has 0 aliphatic carbocycles. The van der Waals surface area contributed by atoms with Crippen LogP contribution in [0.15, 0.2) is 30.3 Å². The normalized spacial score (nSPS) is 25.6. The van der Waals surface area contributed by atoms with Crippen molar-refractivity contribution in [2.24, 2.45) is 11.8 Å². The first-order chi connectivity index (χ1) is 11.8. The molecule has 0 spiro atoms. The van der Waals surface area contributed by atoms with Gasteiger partial charge in [0.25, 0.3) is 0 Å². The molecule has 2 aliphatic heterocycles. The number of nitrogens with zero attached hydrogens (tertiary/aromatic N) is 1. The first kappa shape index (κ1) is 17.4. The van der Waals surface area contributed by atoms with Crippen LogP contribution in [0.5, 0.6) is 0 Å². The Kier molecular flexibility index (Phi) is 6.27. The van der Waals surface area contributed by atoms with Crippen LogP contribution >= 0.6 is 0 Å². The SMILES string of the molecule is CNCCC1CCN(C(=O)C2CCCOC2c2ccccc2)CC1. The second kappa shape index (κ2) is 8.63. The van der Waals surface area contributed by atoms with Gasteiger partial charge in [0.05, 0.1) is 12.0 Å². The molecule has 2 fully saturated rings. The summed E-state index contributed by atoms with van der Waals surface area (Å²) in [5, 5.41) is 3.23. The van der Waals surface area contributed by atoms with Gasteiger partial charge in [0.1, 0.15) is 0 Å². The van der Waals surface area contributed by atoms with Gasteiger partial charge < -0.3 is 15.0 Å². The third-order valence-electron chi connectivity index (χ3n) is 5.50. The minimum absolute atomic E-state index is 0.0185. The molecule has 1 amide bonds. The van der Waals surface area contributed by atoms with Crippen LogP contribution < -0.4 is 5.32 Å². The van der Waals surface area contributed by atoms with E-state index in [1.807, 2.05) is 25.2 Å². The van der Waals surface area contributed by atoms with E-state index in [2.05, 4.69) is 22.3 Å². The standard InChI is InChI=1S/C20H30N2O2/c1-21-12-9-16-10-13-22(14-11-16)20(23)18-8-5-15-24-19(18)17-6-3-2-4-7-17/h2-4,6-7,16,18-19,21H,5,8-15H2,1H3. The third kappa shape index (κ3) is 4.17. The molecule has 24 heavy (non-hydrogen) atoms. The predicted molar refractivity (Wildman–Crippen MR) is 95.7 cm³/mol. The maximum atomic E-state index is 13.1. The van der Waals surface area contributed by atoms with Gasteiger partial charge in [-0.2, -0.15) is 0 Å². The third-order valence-corrected chi connectivity index (χ3v) is 5.50. The van der Waals surface area contributed by atoms with Crippen LogP contribution in [0.25, 0.3) is 0 Å². The molecule has 3 rings (SSSR count). The number of benzene rings is 1. The van der Waals surface area contributed by atoms with Crippen LogP contribution in [0.3, 0.4) is 0 Å². The fraction of sp³-hybridized carbons (Fsp3) is 0.650. The van der Waals surface area contributed by atoms with E-state index in [9.17, 15) is 4.79 Å². The summed E-state index contributed by atoms with van der Waals surface area (Å²) in [6, 6.07) is 10.2. The molecule has 0 aromatic heterocycles. The van der Waals surface area contributed by atoms with Crippen molar-refractivity contribution in [1.82, 2.24) is 10.2 Å². The lowest BCUT2D eigenvalue weighted by atomic mass is 9.86. The van der Waals surface area contributed by atoms with Crippen molar-refractivity contribution in [3.63, 3.8) is 0 Å². The number of likely N-dealkylation sites (tertiary alicyclic amines) is 1. The molecule has 1 aromatic carbocycles. The molecular formula is C20H30N2O2. The molecular weight excluding hydrogens is 300 g/mol. The molecule has 2 aliphatic rings. The molecule has 0 saturated carbocycles. The van der Waals surface area contributed by atoms with E-state index < -0.39 is 0 Å². The van der Waals surface area contributed by atoms with Gasteiger partial charge in [-0.15, -0.1) is 0 Å². The van der Waals surface area contributed by atoms with E-state index in [1.165, 1.54) is 6.42 Å². The molecule has 2 atom stereocenters. The van der Waals surface area contributed by atoms with Crippen LogP contribution in [-0.2, 0) is 9.53 Å². The van der Waals surface area contributed by atoms with E-state index in [0.29, 0.717) is 5.91 Å². The van der Waals surface area contributed by atoms with Gasteiger partial charge in [0.2, 0.25) is 5.91 Å². The van der Waals surface area contributed by atoms with Gasteiger partial charge >= 0.3 is 0 Å². The molecule has 0 bridgehead atoms. The summed E-state index contributed by atoms with van der Waals surface area (Å²) in [5.74, 6) is 1.04. The van der Waals surface area contributed by atoms with Crippen LogP contribution in [0, 0.1) is 11.8 Å². The second-order valence-corrected chi connectivity index (χ2v) is 7.11. The minimum Gasteiger partial charge on any atom is -0.373 e. The Labute approximate surface area is 145 Å². The number of rotatable bonds is 5. The van der Waals surface area contributed by atoms with E-state index in [-0.39, 0.29) is 12.0 Å². The summed E-state index contributed by atoms with van der Waals surface area (Å²) >= 11 is 0. The summed E-state index contributed by atoms with van der Waals surface area (Å²) in [4.78, 5) is 15.2. The highest BCUT2D eigenvalue weighted by molar-refractivity contribution is 5.80. The number of carbonyl (C=O) groups is 1. The highest BCUT2D eigenvalue weighted by Crippen LogP contribution is 2.35. The smallest absolute Gasteiger partial charge is 0.228 e. The Bertz CT molecular complexity index is 512. The molecule has 4 heteroatoms. The van der Waals surface area contributed by atoms with Gasteiger partial charge in [-0.1, -0.05) is 30.3 Å². The Morgan fingerprint density at radius 3 is 2.67 bits per heavy atom. The van der Waals surface area contributed by atoms with E-state index in [4.69, 9.17) is 4.74 Å². The zero-order chi connectivity index (χ0) is 16.8. The molecule has 0 radical (unpaired) electrons. The highest BCUT2D eigenvalue weighted by Gasteiger charge is 2.36. The zero-order valence-corrected chi connectivity index (χ0v) is 14.7. The van der Waals surface area contributed by atoms with E-state index >= 15 is 0 Å². The van der Waals surface area contributed by atoms with Crippen LogP contribution in [-0.4, -0.2) is 44.1 Å². The molecule has 2 heterocycles. The molecule has 2 saturated heterocycles. The van der Waals surface area contributed by atoms with Gasteiger partial charge in [-0.25, -0.2) is 0 Å². The topological polar surface area (TPSA) is 41.6 Å². The van der Waals surface area contributed by atoms with Crippen molar-refractivity contribution < 1.29 is 9.53 Å². The van der Waals surface area contributed by atoms with E-state index in [0.717, 1.165) is 63.4 Å². The Balaban J connectivity index is 1.61. The maximum absolute atomic E-state index is 13.1. The lowest BCUT2D eigenvalue weighted by molar-refractivity contribution is -0.147. The number of ether oxygens (including phenoxy) is 1. The number of carbonyl (C=O) groups excluding carboxylic acids is 1. The van der Waals surface area contributed by atoms with Gasteiger partial charge in [0.15, 0.2) is 0 Å². The van der Waals surface area contributed by atoms with Gasteiger partial charge in [-0.05, 0) is 57.2 Å². The fourth-order valence-electron chi connectivity index (χ4n) is 4.03. The first-order valence-corrected chi connectivity index (χ1v) is 9.39. The molecule has 132 valence electrons. The Morgan fingerprint density at radius 2 is 1.96 bits per heavy atom. The number of hydrogen-bond acceptors (Lipinski definition) is 3. The number of amides is 1. The summed E-state index contributed by atoms with van der Waals surface area (Å²) in [5.41, 5.74) is 1.14. The van der Waals surface area contributed by atoms with Gasteiger partial charge in [0, 0.05) is 19.7 Å². The summed E-state index contributed by atoms with van der Waals surface area (Å²) in [7, 11) is 2.01. The first-order valence-electron chi connectivity index (χ1n) is 9.39. The van der Waals surface area contributed by atoms with Crippen molar-refractivity contribution in [3.05, 3.63) is 35.9 Å². The van der Waals surface area contributed by atoms with Crippen molar-refractivity contribution in [3.8, 4) is 0 Å². The van der Waals surface area contributed by atoms with Crippen molar-refractivity contribution in [2.75, 3.05) is 33.3 Å².